The number of likely N-dealkylation sites (N-methyl/N-ethyl adjacent to an activating group) is 1. The van der Waals surface area contributed by atoms with E-state index in [1.165, 1.54) is 7.11 Å². The number of ether oxygens (including phenoxy) is 1. The molecule has 0 aromatic carbocycles. The molecule has 0 aliphatic heterocycles. The van der Waals surface area contributed by atoms with Crippen molar-refractivity contribution in [1.29, 1.82) is 0 Å². The van der Waals surface area contributed by atoms with Gasteiger partial charge in [0.2, 0.25) is 0 Å². The van der Waals surface area contributed by atoms with Crippen molar-refractivity contribution in [3.8, 4) is 0 Å². The Morgan fingerprint density at radius 1 is 1.50 bits per heavy atom. The van der Waals surface area contributed by atoms with Gasteiger partial charge in [0.05, 0.1) is 7.11 Å². The van der Waals surface area contributed by atoms with Gasteiger partial charge in [0.1, 0.15) is 0 Å². The summed E-state index contributed by atoms with van der Waals surface area (Å²) in [7, 11) is 5.33. The highest BCUT2D eigenvalue weighted by atomic mass is 16.6. The first kappa shape index (κ1) is 9.30. The average molecular weight is 145 g/mol. The van der Waals surface area contributed by atoms with Gasteiger partial charge in [0.25, 0.3) is 5.95 Å². The van der Waals surface area contributed by atoms with Crippen LogP contribution < -0.4 is 0 Å². The van der Waals surface area contributed by atoms with Crippen LogP contribution in [0.3, 0.4) is 0 Å². The monoisotopic (exact) mass is 145 g/mol. The molecule has 0 fully saturated rings. The Morgan fingerprint density at radius 2 is 2.00 bits per heavy atom. The standard InChI is InChI=1S/C7H15NO2/c1-6(5-8(2)3)7(9)10-4/h9H,5H2,1-4H3/b7-6-. The highest BCUT2D eigenvalue weighted by molar-refractivity contribution is 5.00. The minimum absolute atomic E-state index is 0.0219. The quantitative estimate of drug-likeness (QED) is 0.601. The lowest BCUT2D eigenvalue weighted by Crippen LogP contribution is -2.15. The predicted octanol–water partition coefficient (Wildman–Crippen LogP) is 0.984. The Morgan fingerprint density at radius 3 is 2.30 bits per heavy atom. The maximum Gasteiger partial charge on any atom is 0.276 e. The molecule has 0 aromatic heterocycles. The van der Waals surface area contributed by atoms with Gasteiger partial charge in [0, 0.05) is 12.1 Å². The van der Waals surface area contributed by atoms with Crippen LogP contribution in [0.2, 0.25) is 0 Å². The molecule has 0 saturated carbocycles. The van der Waals surface area contributed by atoms with E-state index in [9.17, 15) is 0 Å². The Bertz CT molecular complexity index is 130. The molecule has 3 nitrogen and oxygen atoms in total. The van der Waals surface area contributed by atoms with Crippen molar-refractivity contribution in [2.75, 3.05) is 27.7 Å². The normalized spacial score (nSPS) is 13.3. The average Bonchev–Trinajstić information content (AvgIpc) is 1.85. The zero-order valence-electron chi connectivity index (χ0n) is 7.01. The van der Waals surface area contributed by atoms with Crippen molar-refractivity contribution < 1.29 is 9.84 Å². The third-order valence-corrected chi connectivity index (χ3v) is 1.11. The van der Waals surface area contributed by atoms with Crippen LogP contribution >= 0.6 is 0 Å². The maximum absolute atomic E-state index is 9.01. The molecule has 0 saturated heterocycles. The zero-order chi connectivity index (χ0) is 8.15. The predicted molar refractivity (Wildman–Crippen MR) is 40.9 cm³/mol. The van der Waals surface area contributed by atoms with Crippen LogP contribution in [0.25, 0.3) is 0 Å². The molecule has 0 aliphatic rings. The molecule has 0 rings (SSSR count). The number of aliphatic hydroxyl groups is 1. The summed E-state index contributed by atoms with van der Waals surface area (Å²) in [4.78, 5) is 1.96. The van der Waals surface area contributed by atoms with Crippen molar-refractivity contribution in [1.82, 2.24) is 4.90 Å². The SMILES string of the molecule is CO/C(O)=C(/C)CN(C)C. The van der Waals surface area contributed by atoms with E-state index in [0.717, 1.165) is 12.1 Å². The Kier molecular flexibility index (Phi) is 3.88. The number of nitrogens with zero attached hydrogens (tertiary/aromatic N) is 1. The van der Waals surface area contributed by atoms with E-state index >= 15 is 0 Å². The third kappa shape index (κ3) is 3.35. The van der Waals surface area contributed by atoms with Crippen LogP contribution in [0.5, 0.6) is 0 Å². The van der Waals surface area contributed by atoms with Gasteiger partial charge in [-0.1, -0.05) is 0 Å². The van der Waals surface area contributed by atoms with Crippen LogP contribution in [0.1, 0.15) is 6.92 Å². The van der Waals surface area contributed by atoms with E-state index in [0.29, 0.717) is 0 Å². The molecule has 3 heteroatoms. The molecule has 0 radical (unpaired) electrons. The fourth-order valence-electron chi connectivity index (χ4n) is 0.716. The summed E-state index contributed by atoms with van der Waals surface area (Å²) in [6.45, 7) is 2.55. The minimum Gasteiger partial charge on any atom is -0.481 e. The molecule has 0 atom stereocenters. The third-order valence-electron chi connectivity index (χ3n) is 1.11. The summed E-state index contributed by atoms with van der Waals surface area (Å²) in [6, 6.07) is 0. The van der Waals surface area contributed by atoms with Crippen molar-refractivity contribution in [3.05, 3.63) is 11.5 Å². The van der Waals surface area contributed by atoms with E-state index < -0.39 is 0 Å². The molecule has 0 unspecified atom stereocenters. The Labute approximate surface area is 61.9 Å². The fourth-order valence-corrected chi connectivity index (χ4v) is 0.716. The van der Waals surface area contributed by atoms with Crippen LogP contribution in [0.4, 0.5) is 0 Å². The number of hydrogen-bond acceptors (Lipinski definition) is 3. The van der Waals surface area contributed by atoms with Crippen LogP contribution in [-0.2, 0) is 4.74 Å². The molecule has 0 aromatic rings. The van der Waals surface area contributed by atoms with E-state index in [1.807, 2.05) is 25.9 Å². The number of hydrogen-bond donors (Lipinski definition) is 1. The summed E-state index contributed by atoms with van der Waals surface area (Å²) >= 11 is 0. The summed E-state index contributed by atoms with van der Waals surface area (Å²) in [5.41, 5.74) is 0.840. The van der Waals surface area contributed by atoms with Gasteiger partial charge >= 0.3 is 0 Å². The van der Waals surface area contributed by atoms with Crippen LogP contribution in [0, 0.1) is 0 Å². The highest BCUT2D eigenvalue weighted by Crippen LogP contribution is 2.00. The van der Waals surface area contributed by atoms with Crippen molar-refractivity contribution in [2.24, 2.45) is 0 Å². The number of rotatable bonds is 3. The smallest absolute Gasteiger partial charge is 0.276 e. The second-order valence-electron chi connectivity index (χ2n) is 2.53. The van der Waals surface area contributed by atoms with Crippen LogP contribution in [0.15, 0.2) is 11.5 Å². The van der Waals surface area contributed by atoms with E-state index in [-0.39, 0.29) is 5.95 Å². The lowest BCUT2D eigenvalue weighted by atomic mass is 10.3. The molecule has 1 N–H and O–H groups in total. The second-order valence-corrected chi connectivity index (χ2v) is 2.53. The highest BCUT2D eigenvalue weighted by Gasteiger charge is 1.99. The zero-order valence-corrected chi connectivity index (χ0v) is 7.01. The lowest BCUT2D eigenvalue weighted by molar-refractivity contribution is 0.128. The Balaban J connectivity index is 3.92. The molecule has 0 bridgehead atoms. The summed E-state index contributed by atoms with van der Waals surface area (Å²) in [5, 5.41) is 9.01. The maximum atomic E-state index is 9.01. The molecule has 0 aliphatic carbocycles. The van der Waals surface area contributed by atoms with Gasteiger partial charge < -0.3 is 14.7 Å². The molecular weight excluding hydrogens is 130 g/mol. The molecule has 0 spiro atoms. The summed E-state index contributed by atoms with van der Waals surface area (Å²) < 4.78 is 4.62. The van der Waals surface area contributed by atoms with Crippen molar-refractivity contribution in [3.63, 3.8) is 0 Å². The van der Waals surface area contributed by atoms with E-state index in [4.69, 9.17) is 5.11 Å². The molecular formula is C7H15NO2. The first-order chi connectivity index (χ1) is 4.57. The molecule has 0 heterocycles. The van der Waals surface area contributed by atoms with Crippen molar-refractivity contribution in [2.45, 2.75) is 6.92 Å². The summed E-state index contributed by atoms with van der Waals surface area (Å²) in [5.74, 6) is 0.0219. The van der Waals surface area contributed by atoms with Gasteiger partial charge in [-0.05, 0) is 21.0 Å². The Hall–Kier alpha value is -0.700. The van der Waals surface area contributed by atoms with Gasteiger partial charge in [-0.2, -0.15) is 0 Å². The number of methoxy groups -OCH3 is 1. The lowest BCUT2D eigenvalue weighted by Gasteiger charge is -2.10. The molecule has 10 heavy (non-hydrogen) atoms. The van der Waals surface area contributed by atoms with Gasteiger partial charge in [-0.15, -0.1) is 0 Å². The number of aliphatic hydroxyl groups excluding tert-OH is 1. The topological polar surface area (TPSA) is 32.7 Å². The van der Waals surface area contributed by atoms with E-state index in [2.05, 4.69) is 4.74 Å². The van der Waals surface area contributed by atoms with Crippen LogP contribution in [-0.4, -0.2) is 37.8 Å². The van der Waals surface area contributed by atoms with Gasteiger partial charge in [-0.3, -0.25) is 0 Å². The first-order valence-corrected chi connectivity index (χ1v) is 3.15. The first-order valence-electron chi connectivity index (χ1n) is 3.15. The molecule has 0 amide bonds. The minimum atomic E-state index is 0.0219. The summed E-state index contributed by atoms with van der Waals surface area (Å²) in [6.07, 6.45) is 0. The van der Waals surface area contributed by atoms with Crippen molar-refractivity contribution >= 4 is 0 Å². The second kappa shape index (κ2) is 4.17. The molecule has 60 valence electrons. The van der Waals surface area contributed by atoms with Gasteiger partial charge in [-0.25, -0.2) is 0 Å². The van der Waals surface area contributed by atoms with E-state index in [1.54, 1.807) is 0 Å². The largest absolute Gasteiger partial charge is 0.481 e. The van der Waals surface area contributed by atoms with Gasteiger partial charge in [0.15, 0.2) is 0 Å². The fraction of sp³-hybridized carbons (Fsp3) is 0.714.